The first-order valence-electron chi connectivity index (χ1n) is 10.9. The molecule has 10 heteroatoms. The van der Waals surface area contributed by atoms with Crippen LogP contribution in [-0.4, -0.2) is 50.5 Å². The number of hydrogen-bond acceptors (Lipinski definition) is 4. The molecule has 0 saturated carbocycles. The summed E-state index contributed by atoms with van der Waals surface area (Å²) in [6, 6.07) is 11.0. The van der Waals surface area contributed by atoms with E-state index in [2.05, 4.69) is 5.32 Å². The topological polar surface area (TPSA) is 86.8 Å². The largest absolute Gasteiger partial charge is 0.354 e. The molecule has 2 rings (SSSR count). The van der Waals surface area contributed by atoms with Gasteiger partial charge in [-0.1, -0.05) is 61.3 Å². The highest BCUT2D eigenvalue weighted by Crippen LogP contribution is 2.27. The Morgan fingerprint density at radius 2 is 1.59 bits per heavy atom. The summed E-state index contributed by atoms with van der Waals surface area (Å²) in [5.41, 5.74) is 1.57. The summed E-state index contributed by atoms with van der Waals surface area (Å²) in [7, 11) is -3.79. The minimum absolute atomic E-state index is 0.0566. The Morgan fingerprint density at radius 1 is 1.00 bits per heavy atom. The number of benzene rings is 2. The van der Waals surface area contributed by atoms with Crippen molar-refractivity contribution in [3.63, 3.8) is 0 Å². The molecule has 2 aromatic carbocycles. The van der Waals surface area contributed by atoms with Crippen LogP contribution in [0.2, 0.25) is 10.0 Å². The molecule has 0 aliphatic heterocycles. The number of aryl methyl sites for hydroxylation is 1. The van der Waals surface area contributed by atoms with E-state index in [0.29, 0.717) is 33.4 Å². The summed E-state index contributed by atoms with van der Waals surface area (Å²) < 4.78 is 26.3. The lowest BCUT2D eigenvalue weighted by molar-refractivity contribution is -0.139. The van der Waals surface area contributed by atoms with E-state index in [0.717, 1.165) is 10.6 Å². The van der Waals surface area contributed by atoms with E-state index in [4.69, 9.17) is 23.2 Å². The van der Waals surface area contributed by atoms with Crippen LogP contribution in [0.4, 0.5) is 5.69 Å². The zero-order chi connectivity index (χ0) is 25.6. The van der Waals surface area contributed by atoms with E-state index in [9.17, 15) is 18.0 Å². The van der Waals surface area contributed by atoms with Gasteiger partial charge in [-0.25, -0.2) is 8.42 Å². The lowest BCUT2D eigenvalue weighted by atomic mass is 10.1. The predicted molar refractivity (Wildman–Crippen MR) is 138 cm³/mol. The van der Waals surface area contributed by atoms with Crippen molar-refractivity contribution >= 4 is 50.7 Å². The van der Waals surface area contributed by atoms with Crippen LogP contribution in [-0.2, 0) is 26.2 Å². The molecule has 0 unspecified atom stereocenters. The van der Waals surface area contributed by atoms with Gasteiger partial charge in [0.25, 0.3) is 0 Å². The SMILES string of the molecule is Cc1ccccc1N(CC(=O)N(Cc1c(Cl)cccc1Cl)[C@H](C)C(=O)NCC(C)C)S(C)(=O)=O. The van der Waals surface area contributed by atoms with Gasteiger partial charge in [-0.3, -0.25) is 13.9 Å². The zero-order valence-electron chi connectivity index (χ0n) is 20.0. The number of hydrogen-bond donors (Lipinski definition) is 1. The molecule has 0 heterocycles. The molecule has 0 saturated heterocycles. The van der Waals surface area contributed by atoms with Gasteiger partial charge in [-0.15, -0.1) is 0 Å². The normalized spacial score (nSPS) is 12.4. The van der Waals surface area contributed by atoms with Gasteiger partial charge >= 0.3 is 0 Å². The average molecular weight is 529 g/mol. The van der Waals surface area contributed by atoms with E-state index in [1.165, 1.54) is 4.90 Å². The lowest BCUT2D eigenvalue weighted by Gasteiger charge is -2.32. The molecule has 186 valence electrons. The van der Waals surface area contributed by atoms with Gasteiger partial charge in [0.15, 0.2) is 0 Å². The molecule has 7 nitrogen and oxygen atoms in total. The maximum atomic E-state index is 13.5. The molecule has 0 aromatic heterocycles. The minimum Gasteiger partial charge on any atom is -0.354 e. The Hall–Kier alpha value is -2.29. The van der Waals surface area contributed by atoms with Crippen LogP contribution in [0.5, 0.6) is 0 Å². The summed E-state index contributed by atoms with van der Waals surface area (Å²) in [5, 5.41) is 3.52. The summed E-state index contributed by atoms with van der Waals surface area (Å²) in [5.74, 6) is -0.691. The van der Waals surface area contributed by atoms with Gasteiger partial charge in [0.05, 0.1) is 11.9 Å². The molecule has 34 heavy (non-hydrogen) atoms. The third-order valence-electron chi connectivity index (χ3n) is 5.31. The first-order chi connectivity index (χ1) is 15.8. The maximum Gasteiger partial charge on any atom is 0.244 e. The first kappa shape index (κ1) is 28.0. The molecule has 1 atom stereocenters. The van der Waals surface area contributed by atoms with E-state index < -0.39 is 28.5 Å². The van der Waals surface area contributed by atoms with E-state index >= 15 is 0 Å². The minimum atomic E-state index is -3.79. The molecule has 0 bridgehead atoms. The quantitative estimate of drug-likeness (QED) is 0.500. The molecule has 1 N–H and O–H groups in total. The molecule has 0 spiro atoms. The Labute approximate surface area is 212 Å². The van der Waals surface area contributed by atoms with Crippen LogP contribution in [0.3, 0.4) is 0 Å². The molecule has 0 aliphatic carbocycles. The van der Waals surface area contributed by atoms with Crippen LogP contribution in [0.25, 0.3) is 0 Å². The van der Waals surface area contributed by atoms with E-state index in [-0.39, 0.29) is 18.4 Å². The number of rotatable bonds is 10. The highest BCUT2D eigenvalue weighted by molar-refractivity contribution is 7.92. The molecule has 2 amide bonds. The summed E-state index contributed by atoms with van der Waals surface area (Å²) >= 11 is 12.7. The number of carbonyl (C=O) groups excluding carboxylic acids is 2. The maximum absolute atomic E-state index is 13.5. The first-order valence-corrected chi connectivity index (χ1v) is 13.5. The van der Waals surface area contributed by atoms with Gasteiger partial charge < -0.3 is 10.2 Å². The van der Waals surface area contributed by atoms with Crippen LogP contribution >= 0.6 is 23.2 Å². The van der Waals surface area contributed by atoms with Gasteiger partial charge in [0.2, 0.25) is 21.8 Å². The monoisotopic (exact) mass is 527 g/mol. The number of carbonyl (C=O) groups is 2. The second-order valence-electron chi connectivity index (χ2n) is 8.59. The smallest absolute Gasteiger partial charge is 0.244 e. The predicted octanol–water partition coefficient (Wildman–Crippen LogP) is 4.26. The number of amides is 2. The van der Waals surface area contributed by atoms with Gasteiger partial charge in [-0.05, 0) is 43.5 Å². The Bertz CT molecular complexity index is 1120. The summed E-state index contributed by atoms with van der Waals surface area (Å²) in [6.45, 7) is 7.19. The highest BCUT2D eigenvalue weighted by atomic mass is 35.5. The fourth-order valence-electron chi connectivity index (χ4n) is 3.33. The average Bonchev–Trinajstić information content (AvgIpc) is 2.75. The van der Waals surface area contributed by atoms with Gasteiger partial charge in [0.1, 0.15) is 12.6 Å². The highest BCUT2D eigenvalue weighted by Gasteiger charge is 2.31. The van der Waals surface area contributed by atoms with Crippen molar-refractivity contribution in [2.75, 3.05) is 23.7 Å². The molecule has 0 aliphatic rings. The standard InChI is InChI=1S/C24H31Cl2N3O4S/c1-16(2)13-27-24(31)18(4)28(14-19-20(25)10-8-11-21(19)26)23(30)15-29(34(5,32)33)22-12-7-6-9-17(22)3/h6-12,16,18H,13-15H2,1-5H3,(H,27,31)/t18-/m1/s1. The van der Waals surface area contributed by atoms with E-state index in [1.807, 2.05) is 13.8 Å². The van der Waals surface area contributed by atoms with Crippen molar-refractivity contribution in [3.8, 4) is 0 Å². The number of anilines is 1. The van der Waals surface area contributed by atoms with Crippen molar-refractivity contribution in [1.82, 2.24) is 10.2 Å². The van der Waals surface area contributed by atoms with E-state index in [1.54, 1.807) is 56.3 Å². The molecule has 0 fully saturated rings. The fraction of sp³-hybridized carbons (Fsp3) is 0.417. The van der Waals surface area contributed by atoms with Crippen LogP contribution in [0, 0.1) is 12.8 Å². The summed E-state index contributed by atoms with van der Waals surface area (Å²) in [6.07, 6.45) is 1.04. The number of sulfonamides is 1. The number of nitrogens with zero attached hydrogens (tertiary/aromatic N) is 2. The number of nitrogens with one attached hydrogen (secondary N) is 1. The molecule has 2 aromatic rings. The number of halogens is 2. The van der Waals surface area contributed by atoms with Crippen molar-refractivity contribution in [3.05, 3.63) is 63.6 Å². The van der Waals surface area contributed by atoms with Crippen molar-refractivity contribution < 1.29 is 18.0 Å². The van der Waals surface area contributed by atoms with Crippen LogP contribution in [0.1, 0.15) is 31.9 Å². The van der Waals surface area contributed by atoms with Crippen LogP contribution < -0.4 is 9.62 Å². The third-order valence-corrected chi connectivity index (χ3v) is 7.14. The second kappa shape index (κ2) is 11.9. The Balaban J connectivity index is 2.44. The second-order valence-corrected chi connectivity index (χ2v) is 11.3. The van der Waals surface area contributed by atoms with Crippen molar-refractivity contribution in [2.24, 2.45) is 5.92 Å². The molecular formula is C24H31Cl2N3O4S. The zero-order valence-corrected chi connectivity index (χ0v) is 22.3. The lowest BCUT2D eigenvalue weighted by Crippen LogP contribution is -2.51. The van der Waals surface area contributed by atoms with Crippen molar-refractivity contribution in [1.29, 1.82) is 0 Å². The van der Waals surface area contributed by atoms with Gasteiger partial charge in [0, 0.05) is 28.7 Å². The Morgan fingerprint density at radius 3 is 2.12 bits per heavy atom. The fourth-order valence-corrected chi connectivity index (χ4v) is 4.75. The molecular weight excluding hydrogens is 497 g/mol. The molecule has 0 radical (unpaired) electrons. The van der Waals surface area contributed by atoms with Gasteiger partial charge in [-0.2, -0.15) is 0 Å². The van der Waals surface area contributed by atoms with Crippen LogP contribution in [0.15, 0.2) is 42.5 Å². The summed E-state index contributed by atoms with van der Waals surface area (Å²) in [4.78, 5) is 27.7. The number of para-hydroxylation sites is 1. The Kier molecular flexibility index (Phi) is 9.79. The third kappa shape index (κ3) is 7.35. The van der Waals surface area contributed by atoms with Crippen molar-refractivity contribution in [2.45, 2.75) is 40.3 Å².